The van der Waals surface area contributed by atoms with E-state index in [2.05, 4.69) is 5.32 Å². The summed E-state index contributed by atoms with van der Waals surface area (Å²) in [5.74, 6) is 0.176. The minimum atomic E-state index is -3.05. The van der Waals surface area contributed by atoms with Gasteiger partial charge in [-0.3, -0.25) is 0 Å². The van der Waals surface area contributed by atoms with Gasteiger partial charge in [0.25, 0.3) is 0 Å². The zero-order valence-corrected chi connectivity index (χ0v) is 12.5. The molecule has 0 radical (unpaired) electrons. The number of anilines is 1. The molecule has 1 aliphatic heterocycles. The number of nitrogens with zero attached hydrogens (tertiary/aromatic N) is 1. The summed E-state index contributed by atoms with van der Waals surface area (Å²) < 4.78 is 25.1. The van der Waals surface area contributed by atoms with E-state index in [0.29, 0.717) is 18.1 Å². The van der Waals surface area contributed by atoms with Crippen LogP contribution >= 0.6 is 11.6 Å². The van der Waals surface area contributed by atoms with Crippen LogP contribution < -0.4 is 5.32 Å². The summed E-state index contributed by atoms with van der Waals surface area (Å²) in [5, 5.41) is 4.09. The molecule has 0 atom stereocenters. The molecule has 1 N–H and O–H groups in total. The maximum atomic E-state index is 11.8. The van der Waals surface area contributed by atoms with Gasteiger partial charge in [-0.05, 0) is 31.9 Å². The molecule has 0 aromatic heterocycles. The zero-order chi connectivity index (χ0) is 13.9. The first-order chi connectivity index (χ1) is 9.03. The third kappa shape index (κ3) is 3.61. The topological polar surface area (TPSA) is 49.4 Å². The van der Waals surface area contributed by atoms with Crippen molar-refractivity contribution in [2.75, 3.05) is 24.2 Å². The van der Waals surface area contributed by atoms with Crippen molar-refractivity contribution in [1.82, 2.24) is 4.31 Å². The van der Waals surface area contributed by atoms with Crippen molar-refractivity contribution in [3.8, 4) is 0 Å². The van der Waals surface area contributed by atoms with Gasteiger partial charge < -0.3 is 5.32 Å². The molecule has 1 heterocycles. The Balaban J connectivity index is 1.93. The molecule has 19 heavy (non-hydrogen) atoms. The summed E-state index contributed by atoms with van der Waals surface area (Å²) in [4.78, 5) is 0. The van der Waals surface area contributed by atoms with E-state index in [1.54, 1.807) is 11.2 Å². The second kappa shape index (κ2) is 6.11. The van der Waals surface area contributed by atoms with Gasteiger partial charge in [-0.2, -0.15) is 0 Å². The fraction of sp³-hybridized carbons (Fsp3) is 0.538. The lowest BCUT2D eigenvalue weighted by molar-refractivity contribution is 0.330. The van der Waals surface area contributed by atoms with E-state index in [1.165, 1.54) is 0 Å². The van der Waals surface area contributed by atoms with Crippen molar-refractivity contribution >= 4 is 27.3 Å². The van der Waals surface area contributed by atoms with E-state index in [4.69, 9.17) is 11.6 Å². The first-order valence-corrected chi connectivity index (χ1v) is 8.50. The minimum absolute atomic E-state index is 0.176. The molecule has 0 amide bonds. The monoisotopic (exact) mass is 302 g/mol. The Bertz CT molecular complexity index is 525. The summed E-state index contributed by atoms with van der Waals surface area (Å²) in [6, 6.07) is 7.90. The van der Waals surface area contributed by atoms with Crippen molar-refractivity contribution in [2.24, 2.45) is 0 Å². The van der Waals surface area contributed by atoms with Gasteiger partial charge in [-0.25, -0.2) is 12.7 Å². The second-order valence-corrected chi connectivity index (χ2v) is 7.36. The van der Waals surface area contributed by atoms with Crippen LogP contribution in [0, 0.1) is 0 Å². The van der Waals surface area contributed by atoms with Crippen molar-refractivity contribution in [2.45, 2.75) is 25.8 Å². The molecule has 0 spiro atoms. The number of rotatable bonds is 4. The minimum Gasteiger partial charge on any atom is -0.381 e. The molecule has 2 rings (SSSR count). The molecular formula is C13H19ClN2O2S. The summed E-state index contributed by atoms with van der Waals surface area (Å²) in [6.45, 7) is 2.85. The lowest BCUT2D eigenvalue weighted by Crippen LogP contribution is -2.42. The standard InChI is InChI=1S/C13H19ClN2O2S/c1-2-19(17,18)16-9-7-11(8-10-16)15-13-6-4-3-5-12(13)14/h3-6,11,15H,2,7-10H2,1H3. The van der Waals surface area contributed by atoms with Crippen LogP contribution in [-0.2, 0) is 10.0 Å². The van der Waals surface area contributed by atoms with Crippen LogP contribution in [0.1, 0.15) is 19.8 Å². The Morgan fingerprint density at radius 1 is 1.32 bits per heavy atom. The Hall–Kier alpha value is -0.780. The highest BCUT2D eigenvalue weighted by molar-refractivity contribution is 7.89. The van der Waals surface area contributed by atoms with E-state index >= 15 is 0 Å². The van der Waals surface area contributed by atoms with Crippen molar-refractivity contribution in [3.05, 3.63) is 29.3 Å². The number of nitrogens with one attached hydrogen (secondary N) is 1. The molecule has 0 saturated carbocycles. The fourth-order valence-electron chi connectivity index (χ4n) is 2.26. The smallest absolute Gasteiger partial charge is 0.213 e. The molecule has 1 aliphatic rings. The highest BCUT2D eigenvalue weighted by Gasteiger charge is 2.26. The van der Waals surface area contributed by atoms with Gasteiger partial charge in [0.05, 0.1) is 16.5 Å². The zero-order valence-electron chi connectivity index (χ0n) is 11.0. The number of hydrogen-bond donors (Lipinski definition) is 1. The van der Waals surface area contributed by atoms with Gasteiger partial charge in [0.15, 0.2) is 0 Å². The van der Waals surface area contributed by atoms with Gasteiger partial charge in [0, 0.05) is 19.1 Å². The third-order valence-electron chi connectivity index (χ3n) is 3.45. The molecule has 1 aromatic carbocycles. The van der Waals surface area contributed by atoms with Gasteiger partial charge in [0.1, 0.15) is 0 Å². The average molecular weight is 303 g/mol. The Labute approximate surface area is 119 Å². The molecule has 106 valence electrons. The van der Waals surface area contributed by atoms with Crippen molar-refractivity contribution in [3.63, 3.8) is 0 Å². The molecule has 1 saturated heterocycles. The van der Waals surface area contributed by atoms with Gasteiger partial charge in [-0.15, -0.1) is 0 Å². The van der Waals surface area contributed by atoms with E-state index < -0.39 is 10.0 Å². The quantitative estimate of drug-likeness (QED) is 0.930. The maximum Gasteiger partial charge on any atom is 0.213 e. The molecular weight excluding hydrogens is 284 g/mol. The molecule has 0 bridgehead atoms. The average Bonchev–Trinajstić information content (AvgIpc) is 2.42. The summed E-state index contributed by atoms with van der Waals surface area (Å²) in [5.41, 5.74) is 0.918. The summed E-state index contributed by atoms with van der Waals surface area (Å²) in [6.07, 6.45) is 1.62. The molecule has 4 nitrogen and oxygen atoms in total. The third-order valence-corrected chi connectivity index (χ3v) is 5.66. The summed E-state index contributed by atoms with van der Waals surface area (Å²) in [7, 11) is -3.05. The first kappa shape index (κ1) is 14.6. The maximum absolute atomic E-state index is 11.8. The summed E-state index contributed by atoms with van der Waals surface area (Å²) >= 11 is 6.10. The number of piperidine rings is 1. The predicted octanol–water partition coefficient (Wildman–Crippen LogP) is 2.57. The number of benzene rings is 1. The molecule has 6 heteroatoms. The molecule has 1 fully saturated rings. The lowest BCUT2D eigenvalue weighted by Gasteiger charge is -2.32. The highest BCUT2D eigenvalue weighted by atomic mass is 35.5. The highest BCUT2D eigenvalue weighted by Crippen LogP contribution is 2.24. The Kier molecular flexibility index (Phi) is 4.71. The first-order valence-electron chi connectivity index (χ1n) is 6.52. The van der Waals surface area contributed by atoms with Crippen LogP contribution in [0.4, 0.5) is 5.69 Å². The molecule has 0 unspecified atom stereocenters. The van der Waals surface area contributed by atoms with Gasteiger partial charge in [0.2, 0.25) is 10.0 Å². The lowest BCUT2D eigenvalue weighted by atomic mass is 10.1. The molecule has 0 aliphatic carbocycles. The SMILES string of the molecule is CCS(=O)(=O)N1CCC(Nc2ccccc2Cl)CC1. The van der Waals surface area contributed by atoms with Crippen molar-refractivity contribution in [1.29, 1.82) is 0 Å². The predicted molar refractivity (Wildman–Crippen MR) is 79.1 cm³/mol. The largest absolute Gasteiger partial charge is 0.381 e. The number of halogens is 1. The van der Waals surface area contributed by atoms with Gasteiger partial charge >= 0.3 is 0 Å². The van der Waals surface area contributed by atoms with Crippen LogP contribution in [0.2, 0.25) is 5.02 Å². The van der Waals surface area contributed by atoms with E-state index in [-0.39, 0.29) is 11.8 Å². The number of sulfonamides is 1. The normalized spacial score (nSPS) is 18.4. The van der Waals surface area contributed by atoms with E-state index in [9.17, 15) is 8.42 Å². The Morgan fingerprint density at radius 3 is 2.53 bits per heavy atom. The van der Waals surface area contributed by atoms with Crippen molar-refractivity contribution < 1.29 is 8.42 Å². The van der Waals surface area contributed by atoms with E-state index in [0.717, 1.165) is 18.5 Å². The fourth-order valence-corrected chi connectivity index (χ4v) is 3.58. The van der Waals surface area contributed by atoms with Gasteiger partial charge in [-0.1, -0.05) is 23.7 Å². The van der Waals surface area contributed by atoms with Crippen LogP contribution in [0.5, 0.6) is 0 Å². The Morgan fingerprint density at radius 2 is 1.95 bits per heavy atom. The number of para-hydroxylation sites is 1. The number of hydrogen-bond acceptors (Lipinski definition) is 3. The van der Waals surface area contributed by atoms with Crippen LogP contribution in [0.3, 0.4) is 0 Å². The molecule has 1 aromatic rings. The van der Waals surface area contributed by atoms with Crippen LogP contribution in [0.15, 0.2) is 24.3 Å². The second-order valence-electron chi connectivity index (χ2n) is 4.70. The van der Waals surface area contributed by atoms with Crippen LogP contribution in [-0.4, -0.2) is 37.6 Å². The van der Waals surface area contributed by atoms with Crippen LogP contribution in [0.25, 0.3) is 0 Å². The van der Waals surface area contributed by atoms with E-state index in [1.807, 2.05) is 24.3 Å².